The Labute approximate surface area is 98.8 Å². The van der Waals surface area contributed by atoms with Crippen LogP contribution < -0.4 is 0 Å². The normalized spacial score (nSPS) is 30.9. The van der Waals surface area contributed by atoms with Gasteiger partial charge in [-0.05, 0) is 38.1 Å². The smallest absolute Gasteiger partial charge is 0.0624 e. The lowest BCUT2D eigenvalue weighted by molar-refractivity contribution is -0.0469. The van der Waals surface area contributed by atoms with Crippen molar-refractivity contribution in [3.8, 4) is 0 Å². The van der Waals surface area contributed by atoms with Gasteiger partial charge in [0.05, 0.1) is 12.7 Å². The van der Waals surface area contributed by atoms with Crippen LogP contribution >= 0.6 is 0 Å². The van der Waals surface area contributed by atoms with Crippen molar-refractivity contribution in [2.24, 2.45) is 11.8 Å². The number of aliphatic hydroxyl groups is 1. The first-order chi connectivity index (χ1) is 7.79. The van der Waals surface area contributed by atoms with E-state index >= 15 is 0 Å². The molecule has 94 valence electrons. The largest absolute Gasteiger partial charge is 0.393 e. The van der Waals surface area contributed by atoms with Gasteiger partial charge in [0, 0.05) is 25.6 Å². The zero-order valence-corrected chi connectivity index (χ0v) is 10.4. The molecule has 2 fully saturated rings. The van der Waals surface area contributed by atoms with Crippen molar-refractivity contribution >= 4 is 0 Å². The summed E-state index contributed by atoms with van der Waals surface area (Å²) in [7, 11) is 0. The second-order valence-electron chi connectivity index (χ2n) is 5.39. The number of hydrogen-bond acceptors (Lipinski definition) is 3. The molecule has 0 spiro atoms. The molecule has 1 saturated carbocycles. The average molecular weight is 227 g/mol. The van der Waals surface area contributed by atoms with E-state index in [1.807, 2.05) is 0 Å². The fourth-order valence-electron chi connectivity index (χ4n) is 2.53. The average Bonchev–Trinajstić information content (AvgIpc) is 3.06. The summed E-state index contributed by atoms with van der Waals surface area (Å²) in [4.78, 5) is 2.53. The summed E-state index contributed by atoms with van der Waals surface area (Å²) in [6.45, 7) is 7.12. The monoisotopic (exact) mass is 227 g/mol. The quantitative estimate of drug-likeness (QED) is 0.746. The van der Waals surface area contributed by atoms with Crippen molar-refractivity contribution in [2.45, 2.75) is 38.7 Å². The molecular formula is C13H25NO2. The van der Waals surface area contributed by atoms with E-state index in [1.165, 1.54) is 32.4 Å². The Balaban J connectivity index is 1.77. The first kappa shape index (κ1) is 12.3. The maximum absolute atomic E-state index is 9.93. The molecule has 1 saturated heterocycles. The third-order valence-electron chi connectivity index (χ3n) is 3.68. The zero-order valence-electron chi connectivity index (χ0n) is 10.4. The van der Waals surface area contributed by atoms with Crippen LogP contribution in [0.15, 0.2) is 0 Å². The predicted molar refractivity (Wildman–Crippen MR) is 64.4 cm³/mol. The van der Waals surface area contributed by atoms with Crippen molar-refractivity contribution < 1.29 is 9.84 Å². The highest BCUT2D eigenvalue weighted by molar-refractivity contribution is 4.81. The fraction of sp³-hybridized carbons (Fsp3) is 1.00. The lowest BCUT2D eigenvalue weighted by atomic mass is 9.98. The molecule has 3 nitrogen and oxygen atoms in total. The summed E-state index contributed by atoms with van der Waals surface area (Å²) < 4.78 is 5.47. The SMILES string of the molecule is CCCN(CC1CC1)CC1COCCC1O. The summed E-state index contributed by atoms with van der Waals surface area (Å²) in [6, 6.07) is 0. The standard InChI is InChI=1S/C13H25NO2/c1-2-6-14(8-11-3-4-11)9-12-10-16-7-5-13(12)15/h11-13,15H,2-10H2,1H3. The van der Waals surface area contributed by atoms with Gasteiger partial charge in [0.1, 0.15) is 0 Å². The van der Waals surface area contributed by atoms with Gasteiger partial charge in [0.15, 0.2) is 0 Å². The number of aliphatic hydroxyl groups excluding tert-OH is 1. The van der Waals surface area contributed by atoms with Gasteiger partial charge in [-0.3, -0.25) is 0 Å². The number of ether oxygens (including phenoxy) is 1. The molecule has 0 radical (unpaired) electrons. The van der Waals surface area contributed by atoms with E-state index in [2.05, 4.69) is 11.8 Å². The van der Waals surface area contributed by atoms with Crippen molar-refractivity contribution in [3.63, 3.8) is 0 Å². The molecule has 16 heavy (non-hydrogen) atoms. The third-order valence-corrected chi connectivity index (χ3v) is 3.68. The molecule has 0 bridgehead atoms. The Kier molecular flexibility index (Phi) is 4.62. The molecule has 0 aromatic carbocycles. The van der Waals surface area contributed by atoms with Crippen LogP contribution in [0.2, 0.25) is 0 Å². The number of hydrogen-bond donors (Lipinski definition) is 1. The lowest BCUT2D eigenvalue weighted by Crippen LogP contribution is -2.41. The minimum Gasteiger partial charge on any atom is -0.393 e. The Morgan fingerprint density at radius 3 is 2.69 bits per heavy atom. The van der Waals surface area contributed by atoms with Crippen molar-refractivity contribution in [1.82, 2.24) is 4.90 Å². The van der Waals surface area contributed by atoms with E-state index in [-0.39, 0.29) is 6.10 Å². The highest BCUT2D eigenvalue weighted by Gasteiger charge is 2.29. The molecule has 0 aromatic heterocycles. The molecule has 2 aliphatic rings. The molecule has 2 unspecified atom stereocenters. The Hall–Kier alpha value is -0.120. The van der Waals surface area contributed by atoms with Gasteiger partial charge in [-0.25, -0.2) is 0 Å². The molecule has 0 aromatic rings. The van der Waals surface area contributed by atoms with Crippen LogP contribution in [0, 0.1) is 11.8 Å². The molecular weight excluding hydrogens is 202 g/mol. The zero-order chi connectivity index (χ0) is 11.4. The maximum atomic E-state index is 9.93. The van der Waals surface area contributed by atoms with E-state index in [0.717, 1.165) is 32.1 Å². The third kappa shape index (κ3) is 3.72. The first-order valence-electron chi connectivity index (χ1n) is 6.77. The summed E-state index contributed by atoms with van der Waals surface area (Å²) >= 11 is 0. The van der Waals surface area contributed by atoms with Crippen LogP contribution in [-0.4, -0.2) is 49.0 Å². The van der Waals surface area contributed by atoms with Gasteiger partial charge >= 0.3 is 0 Å². The lowest BCUT2D eigenvalue weighted by Gasteiger charge is -2.32. The molecule has 1 N–H and O–H groups in total. The minimum atomic E-state index is -0.146. The predicted octanol–water partition coefficient (Wildman–Crippen LogP) is 1.51. The summed E-state index contributed by atoms with van der Waals surface area (Å²) in [6.07, 6.45) is 4.69. The fourth-order valence-corrected chi connectivity index (χ4v) is 2.53. The highest BCUT2D eigenvalue weighted by atomic mass is 16.5. The van der Waals surface area contributed by atoms with Gasteiger partial charge in [-0.1, -0.05) is 6.92 Å². The second-order valence-corrected chi connectivity index (χ2v) is 5.39. The van der Waals surface area contributed by atoms with E-state index < -0.39 is 0 Å². The van der Waals surface area contributed by atoms with E-state index in [1.54, 1.807) is 0 Å². The minimum absolute atomic E-state index is 0.146. The summed E-state index contributed by atoms with van der Waals surface area (Å²) in [5.74, 6) is 1.27. The van der Waals surface area contributed by atoms with Crippen LogP contribution in [0.3, 0.4) is 0 Å². The van der Waals surface area contributed by atoms with Crippen LogP contribution in [0.1, 0.15) is 32.6 Å². The molecule has 1 heterocycles. The van der Waals surface area contributed by atoms with E-state index in [9.17, 15) is 5.11 Å². The Morgan fingerprint density at radius 1 is 1.25 bits per heavy atom. The van der Waals surface area contributed by atoms with Crippen molar-refractivity contribution in [3.05, 3.63) is 0 Å². The molecule has 1 aliphatic heterocycles. The van der Waals surface area contributed by atoms with E-state index in [0.29, 0.717) is 5.92 Å². The second kappa shape index (κ2) is 5.99. The molecule has 1 aliphatic carbocycles. The van der Waals surface area contributed by atoms with Gasteiger partial charge in [-0.15, -0.1) is 0 Å². The molecule has 2 atom stereocenters. The van der Waals surface area contributed by atoms with Gasteiger partial charge in [0.2, 0.25) is 0 Å². The van der Waals surface area contributed by atoms with Gasteiger partial charge in [-0.2, -0.15) is 0 Å². The molecule has 0 amide bonds. The van der Waals surface area contributed by atoms with Gasteiger partial charge in [0.25, 0.3) is 0 Å². The van der Waals surface area contributed by atoms with Crippen LogP contribution in [-0.2, 0) is 4.74 Å². The van der Waals surface area contributed by atoms with Crippen molar-refractivity contribution in [1.29, 1.82) is 0 Å². The molecule has 2 rings (SSSR count). The van der Waals surface area contributed by atoms with Gasteiger partial charge < -0.3 is 14.7 Å². The number of rotatable bonds is 6. The maximum Gasteiger partial charge on any atom is 0.0624 e. The van der Waals surface area contributed by atoms with Crippen LogP contribution in [0.5, 0.6) is 0 Å². The highest BCUT2D eigenvalue weighted by Crippen LogP contribution is 2.30. The van der Waals surface area contributed by atoms with Crippen LogP contribution in [0.25, 0.3) is 0 Å². The Morgan fingerprint density at radius 2 is 2.06 bits per heavy atom. The summed E-state index contributed by atoms with van der Waals surface area (Å²) in [5.41, 5.74) is 0. The number of nitrogens with zero attached hydrogens (tertiary/aromatic N) is 1. The van der Waals surface area contributed by atoms with E-state index in [4.69, 9.17) is 4.74 Å². The summed E-state index contributed by atoms with van der Waals surface area (Å²) in [5, 5.41) is 9.93. The van der Waals surface area contributed by atoms with Crippen molar-refractivity contribution in [2.75, 3.05) is 32.8 Å². The topological polar surface area (TPSA) is 32.7 Å². The Bertz CT molecular complexity index is 206. The first-order valence-corrected chi connectivity index (χ1v) is 6.77. The molecule has 3 heteroatoms. The van der Waals surface area contributed by atoms with Crippen LogP contribution in [0.4, 0.5) is 0 Å².